The van der Waals surface area contributed by atoms with Gasteiger partial charge in [-0.25, -0.2) is 0 Å². The molecule has 4 atom stereocenters. The zero-order chi connectivity index (χ0) is 22.9. The van der Waals surface area contributed by atoms with Crippen molar-refractivity contribution in [2.45, 2.75) is 6.42 Å². The maximum Gasteiger partial charge on any atom is 0.262 e. The van der Waals surface area contributed by atoms with E-state index >= 15 is 0 Å². The summed E-state index contributed by atoms with van der Waals surface area (Å²) in [6, 6.07) is 14.1. The highest BCUT2D eigenvalue weighted by molar-refractivity contribution is 6.06. The highest BCUT2D eigenvalue weighted by Gasteiger charge is 2.59. The number of nitrogens with one attached hydrogen (secondary N) is 1. The standard InChI is InChI=1S/C25H23N3O5/c1-32-20-11-15(7-10-19(20)33-14-21(29)27-18-5-3-2-4-6-18)13-26-28-24(30)22-16-8-9-17(12-16)23(22)25(28)31/h2-11,13,16-17,22-23H,12,14H2,1H3,(H,27,29)/t16-,17-,22-,23+/m0/s1. The molecule has 3 amide bonds. The van der Waals surface area contributed by atoms with Crippen molar-refractivity contribution in [3.8, 4) is 11.5 Å². The van der Waals surface area contributed by atoms with Crippen LogP contribution in [0.5, 0.6) is 11.5 Å². The molecule has 2 aromatic rings. The fourth-order valence-electron chi connectivity index (χ4n) is 4.87. The van der Waals surface area contributed by atoms with Crippen molar-refractivity contribution >= 4 is 29.6 Å². The number of ether oxygens (including phenoxy) is 2. The Hall–Kier alpha value is -3.94. The van der Waals surface area contributed by atoms with Crippen LogP contribution in [0.3, 0.4) is 0 Å². The summed E-state index contributed by atoms with van der Waals surface area (Å²) < 4.78 is 11.0. The second kappa shape index (κ2) is 8.54. The summed E-state index contributed by atoms with van der Waals surface area (Å²) in [5, 5.41) is 7.94. The minimum absolute atomic E-state index is 0.146. The van der Waals surface area contributed by atoms with E-state index < -0.39 is 0 Å². The van der Waals surface area contributed by atoms with Crippen LogP contribution in [0.4, 0.5) is 5.69 Å². The highest BCUT2D eigenvalue weighted by Crippen LogP contribution is 2.52. The molecule has 168 valence electrons. The Labute approximate surface area is 190 Å². The van der Waals surface area contributed by atoms with Gasteiger partial charge in [-0.2, -0.15) is 10.1 Å². The first-order chi connectivity index (χ1) is 16.0. The van der Waals surface area contributed by atoms with Crippen molar-refractivity contribution in [1.29, 1.82) is 0 Å². The number of amides is 3. The summed E-state index contributed by atoms with van der Waals surface area (Å²) in [6.07, 6.45) is 6.44. The lowest BCUT2D eigenvalue weighted by atomic mass is 9.85. The number of rotatable bonds is 7. The summed E-state index contributed by atoms with van der Waals surface area (Å²) in [4.78, 5) is 37.6. The van der Waals surface area contributed by atoms with Gasteiger partial charge in [0, 0.05) is 5.69 Å². The van der Waals surface area contributed by atoms with Crippen molar-refractivity contribution in [2.24, 2.45) is 28.8 Å². The number of nitrogens with zero attached hydrogens (tertiary/aromatic N) is 2. The fourth-order valence-corrected chi connectivity index (χ4v) is 4.87. The number of para-hydroxylation sites is 1. The van der Waals surface area contributed by atoms with Crippen molar-refractivity contribution < 1.29 is 23.9 Å². The molecule has 2 aliphatic carbocycles. The van der Waals surface area contributed by atoms with Crippen LogP contribution in [0.25, 0.3) is 0 Å². The molecule has 1 heterocycles. The largest absolute Gasteiger partial charge is 0.493 e. The Balaban J connectivity index is 1.23. The molecule has 1 saturated carbocycles. The number of allylic oxidation sites excluding steroid dienone is 2. The van der Waals surface area contributed by atoms with Crippen LogP contribution in [0.15, 0.2) is 65.8 Å². The van der Waals surface area contributed by atoms with Gasteiger partial charge in [0.2, 0.25) is 0 Å². The molecule has 8 nitrogen and oxygen atoms in total. The molecule has 2 fully saturated rings. The van der Waals surface area contributed by atoms with E-state index in [1.165, 1.54) is 13.3 Å². The molecule has 0 aromatic heterocycles. The number of hydrogen-bond donors (Lipinski definition) is 1. The van der Waals surface area contributed by atoms with E-state index in [-0.39, 0.29) is 48.0 Å². The van der Waals surface area contributed by atoms with Gasteiger partial charge in [0.05, 0.1) is 25.2 Å². The Kier molecular flexibility index (Phi) is 5.42. The number of carbonyl (C=O) groups is 3. The van der Waals surface area contributed by atoms with E-state index in [0.717, 1.165) is 11.4 Å². The molecule has 5 rings (SSSR count). The summed E-state index contributed by atoms with van der Waals surface area (Å²) in [5.74, 6) is -0.223. The van der Waals surface area contributed by atoms with Crippen LogP contribution in [0.2, 0.25) is 0 Å². The molecule has 33 heavy (non-hydrogen) atoms. The predicted octanol–water partition coefficient (Wildman–Crippen LogP) is 2.85. The molecule has 2 bridgehead atoms. The monoisotopic (exact) mass is 445 g/mol. The van der Waals surface area contributed by atoms with Gasteiger partial charge in [0.1, 0.15) is 0 Å². The molecule has 0 radical (unpaired) electrons. The quantitative estimate of drug-likeness (QED) is 0.402. The van der Waals surface area contributed by atoms with E-state index in [2.05, 4.69) is 10.4 Å². The Morgan fingerprint density at radius 3 is 2.42 bits per heavy atom. The third kappa shape index (κ3) is 3.88. The summed E-state index contributed by atoms with van der Waals surface area (Å²) >= 11 is 0. The predicted molar refractivity (Wildman–Crippen MR) is 121 cm³/mol. The second-order valence-corrected chi connectivity index (χ2v) is 8.35. The van der Waals surface area contributed by atoms with E-state index in [4.69, 9.17) is 9.47 Å². The lowest BCUT2D eigenvalue weighted by Crippen LogP contribution is -2.28. The third-order valence-electron chi connectivity index (χ3n) is 6.37. The number of hydrazone groups is 1. The van der Waals surface area contributed by atoms with E-state index in [9.17, 15) is 14.4 Å². The van der Waals surface area contributed by atoms with Crippen LogP contribution in [-0.4, -0.2) is 42.7 Å². The van der Waals surface area contributed by atoms with E-state index in [1.807, 2.05) is 30.4 Å². The lowest BCUT2D eigenvalue weighted by Gasteiger charge is -2.13. The third-order valence-corrected chi connectivity index (χ3v) is 6.37. The molecule has 1 aliphatic heterocycles. The zero-order valence-electron chi connectivity index (χ0n) is 18.0. The molecule has 1 N–H and O–H groups in total. The molecule has 1 saturated heterocycles. The van der Waals surface area contributed by atoms with Gasteiger partial charge in [-0.1, -0.05) is 30.4 Å². The van der Waals surface area contributed by atoms with Crippen molar-refractivity contribution in [1.82, 2.24) is 5.01 Å². The average molecular weight is 445 g/mol. The Morgan fingerprint density at radius 1 is 1.06 bits per heavy atom. The van der Waals surface area contributed by atoms with Crippen LogP contribution in [-0.2, 0) is 14.4 Å². The normalized spacial score (nSPS) is 25.1. The molecule has 8 heteroatoms. The van der Waals surface area contributed by atoms with Gasteiger partial charge >= 0.3 is 0 Å². The van der Waals surface area contributed by atoms with E-state index in [0.29, 0.717) is 22.7 Å². The number of imide groups is 1. The van der Waals surface area contributed by atoms with Gasteiger partial charge in [-0.05, 0) is 54.2 Å². The number of anilines is 1. The van der Waals surface area contributed by atoms with Crippen molar-refractivity contribution in [2.75, 3.05) is 19.0 Å². The topological polar surface area (TPSA) is 97.3 Å². The molecule has 0 spiro atoms. The minimum Gasteiger partial charge on any atom is -0.493 e. The number of hydrogen-bond acceptors (Lipinski definition) is 6. The lowest BCUT2D eigenvalue weighted by molar-refractivity contribution is -0.140. The highest BCUT2D eigenvalue weighted by atomic mass is 16.5. The number of benzene rings is 2. The molecule has 2 aromatic carbocycles. The van der Waals surface area contributed by atoms with E-state index in [1.54, 1.807) is 30.3 Å². The van der Waals surface area contributed by atoms with Crippen LogP contribution in [0.1, 0.15) is 12.0 Å². The maximum atomic E-state index is 12.7. The maximum absolute atomic E-state index is 12.7. The average Bonchev–Trinajstić information content (AvgIpc) is 3.51. The smallest absolute Gasteiger partial charge is 0.262 e. The number of carbonyl (C=O) groups excluding carboxylic acids is 3. The van der Waals surface area contributed by atoms with Gasteiger partial charge in [0.15, 0.2) is 18.1 Å². The first-order valence-corrected chi connectivity index (χ1v) is 10.8. The van der Waals surface area contributed by atoms with Gasteiger partial charge in [-0.3, -0.25) is 14.4 Å². The molecule has 0 unspecified atom stereocenters. The number of fused-ring (bicyclic) bond motifs is 5. The summed E-state index contributed by atoms with van der Waals surface area (Å²) in [7, 11) is 1.49. The van der Waals surface area contributed by atoms with Gasteiger partial charge < -0.3 is 14.8 Å². The number of methoxy groups -OCH3 is 1. The van der Waals surface area contributed by atoms with Crippen LogP contribution in [0, 0.1) is 23.7 Å². The minimum atomic E-state index is -0.297. The van der Waals surface area contributed by atoms with Gasteiger partial charge in [0.25, 0.3) is 17.7 Å². The molecular weight excluding hydrogens is 422 g/mol. The van der Waals surface area contributed by atoms with Crippen molar-refractivity contribution in [3.05, 3.63) is 66.2 Å². The van der Waals surface area contributed by atoms with Crippen molar-refractivity contribution in [3.63, 3.8) is 0 Å². The Morgan fingerprint density at radius 2 is 1.76 bits per heavy atom. The summed E-state index contributed by atoms with van der Waals surface area (Å²) in [6.45, 7) is -0.186. The second-order valence-electron chi connectivity index (χ2n) is 8.35. The van der Waals surface area contributed by atoms with Crippen LogP contribution >= 0.6 is 0 Å². The van der Waals surface area contributed by atoms with Crippen LogP contribution < -0.4 is 14.8 Å². The Bertz CT molecular complexity index is 1130. The zero-order valence-corrected chi connectivity index (χ0v) is 18.0. The fraction of sp³-hybridized carbons (Fsp3) is 0.280. The first-order valence-electron chi connectivity index (χ1n) is 10.8. The molecular formula is C25H23N3O5. The summed E-state index contributed by atoms with van der Waals surface area (Å²) in [5.41, 5.74) is 1.32. The SMILES string of the molecule is COc1cc(C=NN2C(=O)[C@@H]3[C@H](C2=O)[C@H]2C=C[C@H]3C2)ccc1OCC(=O)Nc1ccccc1. The molecule has 3 aliphatic rings. The van der Waals surface area contributed by atoms with Gasteiger partial charge in [-0.15, -0.1) is 0 Å². The first kappa shape index (κ1) is 20.9.